The maximum Gasteiger partial charge on any atom is 0.534 e. The molecule has 0 amide bonds. The smallest absolute Gasteiger partial charge is 0.477 e. The molecule has 12 rings (SSSR count). The molecule has 7 aliphatic rings. The molecule has 0 unspecified atom stereocenters. The molecule has 1 N–H and O–H groups in total. The van der Waals surface area contributed by atoms with Crippen molar-refractivity contribution in [3.05, 3.63) is 114 Å². The Bertz CT molecular complexity index is 3200. The van der Waals surface area contributed by atoms with Gasteiger partial charge in [0.25, 0.3) is 0 Å². The van der Waals surface area contributed by atoms with Gasteiger partial charge in [-0.2, -0.15) is 26.7 Å². The van der Waals surface area contributed by atoms with Crippen LogP contribution < -0.4 is 25.1 Å². The minimum absolute atomic E-state index is 0.0385. The molecule has 2 atom stereocenters. The van der Waals surface area contributed by atoms with Crippen LogP contribution in [-0.4, -0.2) is 81.5 Å². The number of rotatable bonds is 6. The zero-order valence-corrected chi connectivity index (χ0v) is 37.0. The minimum Gasteiger partial charge on any atom is -0.477 e. The molecule has 2 aromatic carbocycles. The van der Waals surface area contributed by atoms with Gasteiger partial charge in [-0.05, 0) is 86.8 Å². The number of ether oxygens (including phenoxy) is 2. The van der Waals surface area contributed by atoms with Crippen molar-refractivity contribution in [3.8, 4) is 39.4 Å². The van der Waals surface area contributed by atoms with E-state index in [-0.39, 0.29) is 45.4 Å². The second-order valence-electron chi connectivity index (χ2n) is 17.8. The van der Waals surface area contributed by atoms with Crippen LogP contribution in [0.3, 0.4) is 0 Å². The summed E-state index contributed by atoms with van der Waals surface area (Å²) in [6.07, 6.45) is 14.0. The fourth-order valence-corrected chi connectivity index (χ4v) is 11.4. The standard InChI is InChI=1S/C24H21ClN4O4.C20H16ClF3N2O6S/c25-19-6-17-16(5-15(19)13-8-26-27(9-13)14-11-33-12-14)20-1-2-24(3-4-24)29(20)28-10-18(23(31)32)22(30)7-21(17)28;1-31-18(28)12-9-25-15(8-16(12)27)10-6-13(21)17(32-33(29,30)20(22,23)24)7-11(10)14-2-3-19(4-5-19)26(14)25/h5-10,14,20H,1-4,11-12H2,(H,31,32);6-9,14H,2-5H2,1H3/t20-;14-/m11/s1. The van der Waals surface area contributed by atoms with Gasteiger partial charge in [0.15, 0.2) is 16.6 Å². The van der Waals surface area contributed by atoms with Gasteiger partial charge in [0.2, 0.25) is 0 Å². The van der Waals surface area contributed by atoms with Gasteiger partial charge < -0.3 is 18.8 Å². The summed E-state index contributed by atoms with van der Waals surface area (Å²) < 4.78 is 81.5. The number of hydrogen-bond donors (Lipinski definition) is 1. The molecule has 5 aliphatic heterocycles. The first-order valence-electron chi connectivity index (χ1n) is 21.1. The summed E-state index contributed by atoms with van der Waals surface area (Å²) in [6.45, 7) is 1.34. The number of benzene rings is 2. The maximum absolute atomic E-state index is 12.8. The van der Waals surface area contributed by atoms with E-state index in [0.29, 0.717) is 47.2 Å². The van der Waals surface area contributed by atoms with E-state index in [2.05, 4.69) is 20.4 Å². The van der Waals surface area contributed by atoms with Gasteiger partial charge >= 0.3 is 27.6 Å². The number of aromatic nitrogens is 4. The third-order valence-electron chi connectivity index (χ3n) is 14.0. The van der Waals surface area contributed by atoms with Gasteiger partial charge in [0.05, 0.1) is 72.1 Å². The summed E-state index contributed by atoms with van der Waals surface area (Å²) in [5.74, 6) is -2.64. The number of alkyl halides is 3. The third kappa shape index (κ3) is 6.49. The zero-order valence-electron chi connectivity index (χ0n) is 34.7. The molecule has 2 aliphatic carbocycles. The van der Waals surface area contributed by atoms with Crippen molar-refractivity contribution >= 4 is 45.3 Å². The number of esters is 1. The van der Waals surface area contributed by atoms with Gasteiger partial charge in [-0.3, -0.25) is 33.6 Å². The Labute approximate surface area is 382 Å². The number of halogens is 5. The van der Waals surface area contributed by atoms with Crippen LogP contribution in [-0.2, 0) is 19.6 Å². The van der Waals surface area contributed by atoms with Crippen LogP contribution in [0.15, 0.2) is 70.8 Å². The average Bonchev–Trinajstić information content (AvgIpc) is 4.05. The molecule has 8 heterocycles. The highest BCUT2D eigenvalue weighted by molar-refractivity contribution is 7.88. The molecule has 66 heavy (non-hydrogen) atoms. The minimum atomic E-state index is -5.92. The largest absolute Gasteiger partial charge is 0.534 e. The molecule has 5 aromatic rings. The summed E-state index contributed by atoms with van der Waals surface area (Å²) in [5, 5.41) is 18.6. The predicted molar refractivity (Wildman–Crippen MR) is 232 cm³/mol. The van der Waals surface area contributed by atoms with Crippen molar-refractivity contribution in [1.29, 1.82) is 0 Å². The topological polar surface area (TPSA) is 184 Å². The van der Waals surface area contributed by atoms with Crippen molar-refractivity contribution in [2.75, 3.05) is 30.3 Å². The highest BCUT2D eigenvalue weighted by atomic mass is 35.5. The Morgan fingerprint density at radius 3 is 1.85 bits per heavy atom. The van der Waals surface area contributed by atoms with Crippen molar-refractivity contribution in [1.82, 2.24) is 19.1 Å². The number of carboxylic acids is 1. The second-order valence-corrected chi connectivity index (χ2v) is 20.1. The van der Waals surface area contributed by atoms with Gasteiger partial charge in [0, 0.05) is 58.0 Å². The number of methoxy groups -OCH3 is 1. The highest BCUT2D eigenvalue weighted by Crippen LogP contribution is 2.60. The van der Waals surface area contributed by atoms with Crippen LogP contribution in [0.2, 0.25) is 10.0 Å². The Hall–Kier alpha value is -5.83. The van der Waals surface area contributed by atoms with E-state index in [1.807, 2.05) is 32.8 Å². The normalized spacial score (nSPS) is 21.1. The summed E-state index contributed by atoms with van der Waals surface area (Å²) in [7, 11) is -4.76. The molecule has 16 nitrogen and oxygen atoms in total. The first-order valence-corrected chi connectivity index (χ1v) is 23.2. The van der Waals surface area contributed by atoms with E-state index in [4.69, 9.17) is 32.7 Å². The van der Waals surface area contributed by atoms with Crippen molar-refractivity contribution in [2.45, 2.75) is 86.1 Å². The van der Waals surface area contributed by atoms with Gasteiger partial charge in [-0.15, -0.1) is 0 Å². The fraction of sp³-hybridized carbons (Fsp3) is 0.386. The molecule has 0 radical (unpaired) electrons. The Morgan fingerprint density at radius 2 is 1.33 bits per heavy atom. The number of carbonyl (C=O) groups excluding carboxylic acids is 1. The van der Waals surface area contributed by atoms with E-state index >= 15 is 0 Å². The number of hydrogen-bond acceptors (Lipinski definition) is 12. The molecule has 3 saturated heterocycles. The molecule has 22 heteroatoms. The monoisotopic (exact) mass is 968 g/mol. The number of nitrogens with zero attached hydrogens (tertiary/aromatic N) is 6. The Balaban J connectivity index is 0.000000146. The van der Waals surface area contributed by atoms with Gasteiger partial charge in [0.1, 0.15) is 11.1 Å². The first-order chi connectivity index (χ1) is 31.3. The van der Waals surface area contributed by atoms with Crippen molar-refractivity contribution < 1.29 is 49.9 Å². The lowest BCUT2D eigenvalue weighted by Gasteiger charge is -2.41. The van der Waals surface area contributed by atoms with Crippen LogP contribution in [0, 0.1) is 0 Å². The number of carboxylic acid groups (broad SMARTS) is 1. The lowest BCUT2D eigenvalue weighted by Crippen LogP contribution is -2.46. The van der Waals surface area contributed by atoms with E-state index < -0.39 is 44.2 Å². The first kappa shape index (κ1) is 42.8. The zero-order chi connectivity index (χ0) is 46.4. The third-order valence-corrected chi connectivity index (χ3v) is 15.6. The Kier molecular flexibility index (Phi) is 9.45. The summed E-state index contributed by atoms with van der Waals surface area (Å²) in [4.78, 5) is 49.0. The van der Waals surface area contributed by atoms with Crippen LogP contribution in [0.5, 0.6) is 5.75 Å². The van der Waals surface area contributed by atoms with E-state index in [0.717, 1.165) is 67.2 Å². The number of aromatic carboxylic acids is 1. The highest BCUT2D eigenvalue weighted by Gasteiger charge is 2.59. The maximum atomic E-state index is 12.8. The summed E-state index contributed by atoms with van der Waals surface area (Å²) in [5.41, 5.74) is -1.40. The molecule has 2 saturated carbocycles. The van der Waals surface area contributed by atoms with Crippen molar-refractivity contribution in [3.63, 3.8) is 0 Å². The average molecular weight is 970 g/mol. The fourth-order valence-electron chi connectivity index (χ4n) is 10.4. The summed E-state index contributed by atoms with van der Waals surface area (Å²) in [6, 6.07) is 9.19. The van der Waals surface area contributed by atoms with Gasteiger partial charge in [-0.1, -0.05) is 23.2 Å². The number of fused-ring (bicyclic) bond motifs is 14. The van der Waals surface area contributed by atoms with E-state index in [9.17, 15) is 45.9 Å². The molecule has 5 fully saturated rings. The van der Waals surface area contributed by atoms with E-state index in [1.165, 1.54) is 43.8 Å². The molecular weight excluding hydrogens is 932 g/mol. The van der Waals surface area contributed by atoms with Crippen LogP contribution in [0.1, 0.15) is 101 Å². The molecule has 3 aromatic heterocycles. The Morgan fingerprint density at radius 1 is 0.788 bits per heavy atom. The lowest BCUT2D eigenvalue weighted by molar-refractivity contribution is -0.0500. The quantitative estimate of drug-likeness (QED) is 0.103. The van der Waals surface area contributed by atoms with Crippen LogP contribution >= 0.6 is 23.2 Å². The number of pyridine rings is 2. The van der Waals surface area contributed by atoms with E-state index in [1.54, 1.807) is 4.68 Å². The molecule has 2 spiro atoms. The summed E-state index contributed by atoms with van der Waals surface area (Å²) >= 11 is 12.9. The molecule has 344 valence electrons. The van der Waals surface area contributed by atoms with Crippen molar-refractivity contribution in [2.24, 2.45) is 0 Å². The van der Waals surface area contributed by atoms with Crippen LogP contribution in [0.4, 0.5) is 13.2 Å². The van der Waals surface area contributed by atoms with Crippen LogP contribution in [0.25, 0.3) is 33.6 Å². The lowest BCUT2D eigenvalue weighted by atomic mass is 9.91. The van der Waals surface area contributed by atoms with Gasteiger partial charge in [-0.25, -0.2) is 9.59 Å². The number of carbonyl (C=O) groups is 2. The SMILES string of the molecule is COC(=O)c1cn2c(cc1=O)-c1cc(Cl)c(OS(=O)(=O)C(F)(F)F)cc1[C@H]1CCC3(CC3)N12.O=C(O)c1cn2c(cc1=O)-c1cc(Cl)c(-c3cnn(C4COC4)c3)cc1[C@H]1CCC3(CC3)N12. The predicted octanol–water partition coefficient (Wildman–Crippen LogP) is 7.12. The molecular formula is C44H37Cl2F3N6O10S. The second kappa shape index (κ2) is 14.6. The molecule has 0 bridgehead atoms.